The predicted molar refractivity (Wildman–Crippen MR) is 79.0 cm³/mol. The molecule has 0 unspecified atom stereocenters. The minimum atomic E-state index is -0.900. The van der Waals surface area contributed by atoms with Crippen LogP contribution in [0.1, 0.15) is 37.8 Å². The average Bonchev–Trinajstić information content (AvgIpc) is 2.38. The minimum Gasteiger partial charge on any atom is -0.481 e. The van der Waals surface area contributed by atoms with E-state index < -0.39 is 17.5 Å². The van der Waals surface area contributed by atoms with E-state index in [0.29, 0.717) is 23.2 Å². The predicted octanol–water partition coefficient (Wildman–Crippen LogP) is 2.63. The number of nitrogens with one attached hydrogen (secondary N) is 2. The van der Waals surface area contributed by atoms with E-state index in [1.807, 2.05) is 0 Å². The number of benzene rings is 1. The molecule has 6 heteroatoms. The third-order valence-corrected chi connectivity index (χ3v) is 3.12. The van der Waals surface area contributed by atoms with Crippen LogP contribution < -0.4 is 10.6 Å². The molecule has 0 aliphatic heterocycles. The fourth-order valence-corrected chi connectivity index (χ4v) is 1.84. The third-order valence-electron chi connectivity index (χ3n) is 3.12. The van der Waals surface area contributed by atoms with Gasteiger partial charge in [-0.2, -0.15) is 5.26 Å². The van der Waals surface area contributed by atoms with Crippen LogP contribution in [0.15, 0.2) is 18.2 Å². The van der Waals surface area contributed by atoms with Gasteiger partial charge in [-0.15, -0.1) is 0 Å². The van der Waals surface area contributed by atoms with Crippen molar-refractivity contribution < 1.29 is 14.7 Å². The first-order valence-electron chi connectivity index (χ1n) is 6.56. The molecule has 0 aliphatic rings. The van der Waals surface area contributed by atoms with Crippen LogP contribution in [0.3, 0.4) is 0 Å². The molecule has 6 nitrogen and oxygen atoms in total. The van der Waals surface area contributed by atoms with Crippen molar-refractivity contribution >= 4 is 17.7 Å². The van der Waals surface area contributed by atoms with E-state index in [9.17, 15) is 9.59 Å². The van der Waals surface area contributed by atoms with Gasteiger partial charge in [0.05, 0.1) is 11.6 Å². The van der Waals surface area contributed by atoms with E-state index in [-0.39, 0.29) is 6.42 Å². The number of urea groups is 1. The van der Waals surface area contributed by atoms with E-state index in [0.717, 1.165) is 0 Å². The molecule has 0 heterocycles. The van der Waals surface area contributed by atoms with Crippen LogP contribution in [0, 0.1) is 18.3 Å². The van der Waals surface area contributed by atoms with E-state index in [2.05, 4.69) is 16.7 Å². The number of hydrogen-bond donors (Lipinski definition) is 3. The highest BCUT2D eigenvalue weighted by atomic mass is 16.4. The minimum absolute atomic E-state index is 0.0176. The van der Waals surface area contributed by atoms with Crippen LogP contribution in [0.25, 0.3) is 0 Å². The molecule has 112 valence electrons. The zero-order chi connectivity index (χ0) is 16.0. The summed E-state index contributed by atoms with van der Waals surface area (Å²) in [5.74, 6) is -0.900. The van der Waals surface area contributed by atoms with Crippen LogP contribution in [0.5, 0.6) is 0 Å². The lowest BCUT2D eigenvalue weighted by Gasteiger charge is -2.26. The van der Waals surface area contributed by atoms with E-state index in [4.69, 9.17) is 10.4 Å². The Hall–Kier alpha value is -2.55. The molecule has 0 atom stereocenters. The van der Waals surface area contributed by atoms with Crippen molar-refractivity contribution in [3.63, 3.8) is 0 Å². The van der Waals surface area contributed by atoms with E-state index in [1.54, 1.807) is 39.0 Å². The summed E-state index contributed by atoms with van der Waals surface area (Å²) in [7, 11) is 0. The Morgan fingerprint density at radius 2 is 2.05 bits per heavy atom. The van der Waals surface area contributed by atoms with E-state index >= 15 is 0 Å². The normalized spacial score (nSPS) is 10.6. The SMILES string of the molecule is Cc1c(C#N)cccc1NC(=O)NC(C)(C)CCC(=O)O. The Morgan fingerprint density at radius 1 is 1.38 bits per heavy atom. The molecule has 1 aromatic carbocycles. The summed E-state index contributed by atoms with van der Waals surface area (Å²) in [5.41, 5.74) is 1.11. The van der Waals surface area contributed by atoms with Crippen molar-refractivity contribution in [1.82, 2.24) is 5.32 Å². The molecule has 0 spiro atoms. The summed E-state index contributed by atoms with van der Waals surface area (Å²) >= 11 is 0. The van der Waals surface area contributed by atoms with Gasteiger partial charge in [0.1, 0.15) is 0 Å². The maximum absolute atomic E-state index is 12.0. The quantitative estimate of drug-likeness (QED) is 0.775. The van der Waals surface area contributed by atoms with Gasteiger partial charge < -0.3 is 15.7 Å². The van der Waals surface area contributed by atoms with Gasteiger partial charge in [0, 0.05) is 17.6 Å². The summed E-state index contributed by atoms with van der Waals surface area (Å²) in [5, 5.41) is 23.0. The first kappa shape index (κ1) is 16.5. The molecular weight excluding hydrogens is 270 g/mol. The summed E-state index contributed by atoms with van der Waals surface area (Å²) in [6, 6.07) is 6.70. The van der Waals surface area contributed by atoms with Crippen molar-refractivity contribution in [2.75, 3.05) is 5.32 Å². The number of carbonyl (C=O) groups is 2. The monoisotopic (exact) mass is 289 g/mol. The molecule has 0 aliphatic carbocycles. The van der Waals surface area contributed by atoms with Crippen LogP contribution in [0.4, 0.5) is 10.5 Å². The summed E-state index contributed by atoms with van der Waals surface area (Å²) in [6.07, 6.45) is 0.309. The number of carboxylic acid groups (broad SMARTS) is 1. The lowest BCUT2D eigenvalue weighted by Crippen LogP contribution is -2.45. The van der Waals surface area contributed by atoms with Crippen LogP contribution in [-0.4, -0.2) is 22.6 Å². The first-order chi connectivity index (χ1) is 9.75. The van der Waals surface area contributed by atoms with Crippen molar-refractivity contribution in [3.05, 3.63) is 29.3 Å². The summed E-state index contributed by atoms with van der Waals surface area (Å²) in [6.45, 7) is 5.27. The van der Waals surface area contributed by atoms with Crippen LogP contribution >= 0.6 is 0 Å². The Kier molecular flexibility index (Phi) is 5.30. The number of anilines is 1. The number of aliphatic carboxylic acids is 1. The second-order valence-electron chi connectivity index (χ2n) is 5.45. The van der Waals surface area contributed by atoms with E-state index in [1.165, 1.54) is 0 Å². The molecule has 1 rings (SSSR count). The molecule has 0 bridgehead atoms. The summed E-state index contributed by atoms with van der Waals surface area (Å²) < 4.78 is 0. The lowest BCUT2D eigenvalue weighted by molar-refractivity contribution is -0.137. The Balaban J connectivity index is 2.70. The first-order valence-corrected chi connectivity index (χ1v) is 6.56. The Labute approximate surface area is 123 Å². The van der Waals surface area contributed by atoms with Gasteiger partial charge in [-0.3, -0.25) is 4.79 Å². The average molecular weight is 289 g/mol. The second kappa shape index (κ2) is 6.75. The zero-order valence-corrected chi connectivity index (χ0v) is 12.4. The molecule has 21 heavy (non-hydrogen) atoms. The molecule has 0 fully saturated rings. The smallest absolute Gasteiger partial charge is 0.319 e. The number of rotatable bonds is 5. The third kappa shape index (κ3) is 5.15. The molecule has 2 amide bonds. The van der Waals surface area contributed by atoms with Crippen molar-refractivity contribution in [2.24, 2.45) is 0 Å². The number of carbonyl (C=O) groups excluding carboxylic acids is 1. The number of nitriles is 1. The van der Waals surface area contributed by atoms with Crippen molar-refractivity contribution in [3.8, 4) is 6.07 Å². The van der Waals surface area contributed by atoms with Crippen LogP contribution in [-0.2, 0) is 4.79 Å². The number of carboxylic acids is 1. The molecule has 0 aromatic heterocycles. The molecule has 0 radical (unpaired) electrons. The van der Waals surface area contributed by atoms with Gasteiger partial charge in [-0.05, 0) is 44.9 Å². The molecule has 0 saturated carbocycles. The lowest BCUT2D eigenvalue weighted by atomic mass is 9.99. The number of hydrogen-bond acceptors (Lipinski definition) is 3. The fourth-order valence-electron chi connectivity index (χ4n) is 1.84. The van der Waals surface area contributed by atoms with Gasteiger partial charge in [0.2, 0.25) is 0 Å². The highest BCUT2D eigenvalue weighted by molar-refractivity contribution is 5.91. The van der Waals surface area contributed by atoms with Crippen LogP contribution in [0.2, 0.25) is 0 Å². The number of amides is 2. The zero-order valence-electron chi connectivity index (χ0n) is 12.4. The number of nitrogens with zero attached hydrogens (tertiary/aromatic N) is 1. The van der Waals surface area contributed by atoms with Gasteiger partial charge in [0.25, 0.3) is 0 Å². The van der Waals surface area contributed by atoms with Gasteiger partial charge in [0.15, 0.2) is 0 Å². The van der Waals surface area contributed by atoms with Gasteiger partial charge in [-0.25, -0.2) is 4.79 Å². The Bertz CT molecular complexity index is 588. The molecule has 0 saturated heterocycles. The van der Waals surface area contributed by atoms with Gasteiger partial charge >= 0.3 is 12.0 Å². The molecular formula is C15H19N3O3. The standard InChI is InChI=1S/C15H19N3O3/c1-10-11(9-16)5-4-6-12(10)17-14(21)18-15(2,3)8-7-13(19)20/h4-6H,7-8H2,1-3H3,(H,19,20)(H2,17,18,21). The van der Waals surface area contributed by atoms with Gasteiger partial charge in [-0.1, -0.05) is 6.07 Å². The highest BCUT2D eigenvalue weighted by Crippen LogP contribution is 2.18. The fraction of sp³-hybridized carbons (Fsp3) is 0.400. The Morgan fingerprint density at radius 3 is 2.62 bits per heavy atom. The second-order valence-corrected chi connectivity index (χ2v) is 5.45. The van der Waals surface area contributed by atoms with Crippen molar-refractivity contribution in [1.29, 1.82) is 5.26 Å². The molecule has 3 N–H and O–H groups in total. The topological polar surface area (TPSA) is 102 Å². The summed E-state index contributed by atoms with van der Waals surface area (Å²) in [4.78, 5) is 22.6. The largest absolute Gasteiger partial charge is 0.481 e. The molecule has 1 aromatic rings. The maximum Gasteiger partial charge on any atom is 0.319 e. The highest BCUT2D eigenvalue weighted by Gasteiger charge is 2.21. The van der Waals surface area contributed by atoms with Crippen molar-refractivity contribution in [2.45, 2.75) is 39.2 Å². The maximum atomic E-state index is 12.0.